The Bertz CT molecular complexity index is 1020. The summed E-state index contributed by atoms with van der Waals surface area (Å²) in [5.41, 5.74) is 4.20. The maximum atomic E-state index is 13.3. The average Bonchev–Trinajstić information content (AvgIpc) is 2.78. The maximum absolute atomic E-state index is 13.3. The molecule has 1 aliphatic carbocycles. The monoisotopic (exact) mass is 420 g/mol. The van der Waals surface area contributed by atoms with Crippen LogP contribution in [0.15, 0.2) is 72.8 Å². The van der Waals surface area contributed by atoms with Gasteiger partial charge in [0.2, 0.25) is 5.91 Å². The zero-order chi connectivity index (χ0) is 20.9. The number of amides is 1. The summed E-state index contributed by atoms with van der Waals surface area (Å²) in [6.45, 7) is 0. The SMILES string of the molecule is COc1ccc(NC(=O)[C@@H](N[C@H]2CCCc3ccccc32)c2ccccc2)cc1Cl. The predicted molar refractivity (Wildman–Crippen MR) is 121 cm³/mol. The van der Waals surface area contributed by atoms with E-state index in [0.717, 1.165) is 24.8 Å². The number of anilines is 1. The molecule has 0 saturated carbocycles. The van der Waals surface area contributed by atoms with E-state index in [9.17, 15) is 4.79 Å². The summed E-state index contributed by atoms with van der Waals surface area (Å²) in [7, 11) is 1.57. The molecule has 4 rings (SSSR count). The molecule has 0 radical (unpaired) electrons. The van der Waals surface area contributed by atoms with Crippen molar-refractivity contribution in [2.45, 2.75) is 31.3 Å². The summed E-state index contributed by atoms with van der Waals surface area (Å²) in [5.74, 6) is 0.455. The number of aryl methyl sites for hydroxylation is 1. The molecule has 0 aromatic heterocycles. The highest BCUT2D eigenvalue weighted by Crippen LogP contribution is 2.32. The number of fused-ring (bicyclic) bond motifs is 1. The van der Waals surface area contributed by atoms with Crippen molar-refractivity contribution in [3.63, 3.8) is 0 Å². The molecule has 3 aromatic rings. The Kier molecular flexibility index (Phi) is 6.36. The van der Waals surface area contributed by atoms with Gasteiger partial charge in [0.25, 0.3) is 0 Å². The van der Waals surface area contributed by atoms with Crippen LogP contribution in [-0.4, -0.2) is 13.0 Å². The van der Waals surface area contributed by atoms with Crippen LogP contribution in [0.3, 0.4) is 0 Å². The smallest absolute Gasteiger partial charge is 0.246 e. The first kappa shape index (κ1) is 20.5. The summed E-state index contributed by atoms with van der Waals surface area (Å²) < 4.78 is 5.20. The lowest BCUT2D eigenvalue weighted by Gasteiger charge is -2.30. The van der Waals surface area contributed by atoms with Gasteiger partial charge in [0, 0.05) is 11.7 Å². The van der Waals surface area contributed by atoms with Crippen LogP contribution in [0.25, 0.3) is 0 Å². The van der Waals surface area contributed by atoms with Crippen LogP contribution >= 0.6 is 11.6 Å². The van der Waals surface area contributed by atoms with Crippen molar-refractivity contribution < 1.29 is 9.53 Å². The Balaban J connectivity index is 1.59. The number of carbonyl (C=O) groups excluding carboxylic acids is 1. The molecule has 154 valence electrons. The molecule has 4 nitrogen and oxygen atoms in total. The number of methoxy groups -OCH3 is 1. The highest BCUT2D eigenvalue weighted by molar-refractivity contribution is 6.32. The minimum Gasteiger partial charge on any atom is -0.495 e. The summed E-state index contributed by atoms with van der Waals surface area (Å²) >= 11 is 6.23. The lowest BCUT2D eigenvalue weighted by Crippen LogP contribution is -2.36. The minimum absolute atomic E-state index is 0.120. The number of halogens is 1. The molecule has 1 aliphatic rings. The van der Waals surface area contributed by atoms with Crippen molar-refractivity contribution in [2.24, 2.45) is 0 Å². The van der Waals surface area contributed by atoms with Gasteiger partial charge in [-0.2, -0.15) is 0 Å². The van der Waals surface area contributed by atoms with Crippen LogP contribution in [0.5, 0.6) is 5.75 Å². The number of nitrogens with one attached hydrogen (secondary N) is 2. The third kappa shape index (κ3) is 4.50. The van der Waals surface area contributed by atoms with Gasteiger partial charge >= 0.3 is 0 Å². The number of hydrogen-bond donors (Lipinski definition) is 2. The fourth-order valence-electron chi connectivity index (χ4n) is 4.06. The third-order valence-corrected chi connectivity index (χ3v) is 5.85. The van der Waals surface area contributed by atoms with Gasteiger partial charge in [-0.25, -0.2) is 0 Å². The second kappa shape index (κ2) is 9.33. The molecule has 0 bridgehead atoms. The number of rotatable bonds is 6. The summed E-state index contributed by atoms with van der Waals surface area (Å²) in [5, 5.41) is 7.08. The Labute approximate surface area is 182 Å². The van der Waals surface area contributed by atoms with E-state index in [1.54, 1.807) is 25.3 Å². The van der Waals surface area contributed by atoms with Gasteiger partial charge in [0.05, 0.1) is 12.1 Å². The van der Waals surface area contributed by atoms with Crippen LogP contribution in [0.4, 0.5) is 5.69 Å². The van der Waals surface area contributed by atoms with Gasteiger partial charge in [-0.15, -0.1) is 0 Å². The number of carbonyl (C=O) groups is 1. The third-order valence-electron chi connectivity index (χ3n) is 5.55. The molecule has 0 unspecified atom stereocenters. The molecule has 0 aliphatic heterocycles. The Morgan fingerprint density at radius 1 is 1.07 bits per heavy atom. The first-order valence-corrected chi connectivity index (χ1v) is 10.6. The summed E-state index contributed by atoms with van der Waals surface area (Å²) in [4.78, 5) is 13.3. The molecular formula is C25H25ClN2O2. The van der Waals surface area contributed by atoms with Crippen LogP contribution in [-0.2, 0) is 11.2 Å². The van der Waals surface area contributed by atoms with Crippen molar-refractivity contribution in [2.75, 3.05) is 12.4 Å². The van der Waals surface area contributed by atoms with E-state index < -0.39 is 6.04 Å². The lowest BCUT2D eigenvalue weighted by molar-refractivity contribution is -0.118. The van der Waals surface area contributed by atoms with Crippen LogP contribution in [0.2, 0.25) is 5.02 Å². The lowest BCUT2D eigenvalue weighted by atomic mass is 9.87. The molecule has 0 fully saturated rings. The van der Waals surface area contributed by atoms with Gasteiger partial charge in [0.15, 0.2) is 0 Å². The second-order valence-electron chi connectivity index (χ2n) is 7.49. The maximum Gasteiger partial charge on any atom is 0.246 e. The zero-order valence-electron chi connectivity index (χ0n) is 16.9. The van der Waals surface area contributed by atoms with Gasteiger partial charge < -0.3 is 10.1 Å². The van der Waals surface area contributed by atoms with Gasteiger partial charge in [-0.1, -0.05) is 66.2 Å². The quantitative estimate of drug-likeness (QED) is 0.538. The number of hydrogen-bond acceptors (Lipinski definition) is 3. The van der Waals surface area contributed by atoms with Gasteiger partial charge in [0.1, 0.15) is 11.8 Å². The van der Waals surface area contributed by atoms with Crippen molar-refractivity contribution in [1.82, 2.24) is 5.32 Å². The first-order chi connectivity index (χ1) is 14.7. The molecule has 1 amide bonds. The van der Waals surface area contributed by atoms with Crippen molar-refractivity contribution in [1.29, 1.82) is 0 Å². The highest BCUT2D eigenvalue weighted by Gasteiger charge is 2.27. The molecular weight excluding hydrogens is 396 g/mol. The van der Waals surface area contributed by atoms with E-state index in [-0.39, 0.29) is 11.9 Å². The van der Waals surface area contributed by atoms with Crippen LogP contribution < -0.4 is 15.4 Å². The van der Waals surface area contributed by atoms with Crippen LogP contribution in [0, 0.1) is 0 Å². The number of benzene rings is 3. The predicted octanol–water partition coefficient (Wildman–Crippen LogP) is 5.70. The standard InChI is InChI=1S/C25H25ClN2O2/c1-30-23-15-14-19(16-21(23)26)27-25(29)24(18-9-3-2-4-10-18)28-22-13-7-11-17-8-5-6-12-20(17)22/h2-6,8-10,12,14-16,22,24,28H,7,11,13H2,1H3,(H,27,29)/t22-,24-/m0/s1. The Morgan fingerprint density at radius 3 is 2.60 bits per heavy atom. The topological polar surface area (TPSA) is 50.4 Å². The van der Waals surface area contributed by atoms with Crippen molar-refractivity contribution >= 4 is 23.2 Å². The van der Waals surface area contributed by atoms with Gasteiger partial charge in [-0.3, -0.25) is 10.1 Å². The van der Waals surface area contributed by atoms with Crippen LogP contribution in [0.1, 0.15) is 41.6 Å². The summed E-state index contributed by atoms with van der Waals surface area (Å²) in [6.07, 6.45) is 3.19. The molecule has 2 atom stereocenters. The Morgan fingerprint density at radius 2 is 1.83 bits per heavy atom. The second-order valence-corrected chi connectivity index (χ2v) is 7.90. The van der Waals surface area contributed by atoms with E-state index in [1.807, 2.05) is 30.3 Å². The number of ether oxygens (including phenoxy) is 1. The fraction of sp³-hybridized carbons (Fsp3) is 0.240. The molecule has 3 aromatic carbocycles. The molecule has 30 heavy (non-hydrogen) atoms. The van der Waals surface area contributed by atoms with Crippen molar-refractivity contribution in [3.05, 3.63) is 94.5 Å². The fourth-order valence-corrected chi connectivity index (χ4v) is 4.31. The molecule has 5 heteroatoms. The minimum atomic E-state index is -0.483. The van der Waals surface area contributed by atoms with E-state index in [1.165, 1.54) is 11.1 Å². The highest BCUT2D eigenvalue weighted by atomic mass is 35.5. The van der Waals surface area contributed by atoms with E-state index in [4.69, 9.17) is 16.3 Å². The van der Waals surface area contributed by atoms with Crippen molar-refractivity contribution in [3.8, 4) is 5.75 Å². The molecule has 2 N–H and O–H groups in total. The van der Waals surface area contributed by atoms with E-state index >= 15 is 0 Å². The normalized spacial score (nSPS) is 16.4. The summed E-state index contributed by atoms with van der Waals surface area (Å²) in [6, 6.07) is 23.2. The average molecular weight is 421 g/mol. The molecule has 0 saturated heterocycles. The van der Waals surface area contributed by atoms with Gasteiger partial charge in [-0.05, 0) is 54.2 Å². The first-order valence-electron chi connectivity index (χ1n) is 10.2. The molecule has 0 spiro atoms. The van der Waals surface area contributed by atoms with E-state index in [0.29, 0.717) is 16.5 Å². The zero-order valence-corrected chi connectivity index (χ0v) is 17.7. The van der Waals surface area contributed by atoms with E-state index in [2.05, 4.69) is 34.9 Å². The largest absolute Gasteiger partial charge is 0.495 e. The Hall–Kier alpha value is -2.82. The molecule has 0 heterocycles.